The molecular formula is C15H21N3O. The summed E-state index contributed by atoms with van der Waals surface area (Å²) in [5.41, 5.74) is 1.83. The van der Waals surface area contributed by atoms with Crippen LogP contribution in [0.1, 0.15) is 37.8 Å². The minimum Gasteiger partial charge on any atom is -0.390 e. The van der Waals surface area contributed by atoms with E-state index in [1.165, 1.54) is 32.1 Å². The topological polar surface area (TPSA) is 40.8 Å². The zero-order valence-electron chi connectivity index (χ0n) is 11.3. The fraction of sp³-hybridized carbons (Fsp3) is 0.533. The Balaban J connectivity index is 1.97. The highest BCUT2D eigenvalue weighted by Crippen LogP contribution is 2.24. The van der Waals surface area contributed by atoms with Gasteiger partial charge in [0.1, 0.15) is 5.65 Å². The number of hydrogen-bond donors (Lipinski definition) is 1. The molecule has 4 heteroatoms. The molecule has 0 aromatic carbocycles. The number of imidazole rings is 1. The molecule has 1 N–H and O–H groups in total. The van der Waals surface area contributed by atoms with Gasteiger partial charge in [-0.1, -0.05) is 25.3 Å². The Kier molecular flexibility index (Phi) is 3.69. The van der Waals surface area contributed by atoms with Crippen LogP contribution in [-0.2, 0) is 6.61 Å². The minimum atomic E-state index is 0.0387. The van der Waals surface area contributed by atoms with Gasteiger partial charge < -0.3 is 10.0 Å². The summed E-state index contributed by atoms with van der Waals surface area (Å²) in [6.45, 7) is 2.14. The quantitative estimate of drug-likeness (QED) is 0.901. The number of pyridine rings is 1. The van der Waals surface area contributed by atoms with Gasteiger partial charge in [0.25, 0.3) is 0 Å². The molecule has 1 saturated heterocycles. The average molecular weight is 259 g/mol. The van der Waals surface area contributed by atoms with E-state index >= 15 is 0 Å². The predicted octanol–water partition coefficient (Wildman–Crippen LogP) is 2.60. The maximum Gasteiger partial charge on any atom is 0.153 e. The van der Waals surface area contributed by atoms with E-state index in [2.05, 4.69) is 4.90 Å². The van der Waals surface area contributed by atoms with Crippen LogP contribution >= 0.6 is 0 Å². The van der Waals surface area contributed by atoms with Crippen molar-refractivity contribution in [3.05, 3.63) is 30.1 Å². The minimum absolute atomic E-state index is 0.0387. The zero-order valence-corrected chi connectivity index (χ0v) is 11.3. The SMILES string of the molecule is OCc1c(N2CCCCCCC2)nc2ccccn12. The monoisotopic (exact) mass is 259 g/mol. The van der Waals surface area contributed by atoms with Crippen molar-refractivity contribution in [2.24, 2.45) is 0 Å². The Morgan fingerprint density at radius 1 is 1.05 bits per heavy atom. The summed E-state index contributed by atoms with van der Waals surface area (Å²) < 4.78 is 1.99. The van der Waals surface area contributed by atoms with E-state index in [-0.39, 0.29) is 6.61 Å². The van der Waals surface area contributed by atoms with Crippen LogP contribution in [0.3, 0.4) is 0 Å². The second kappa shape index (κ2) is 5.61. The lowest BCUT2D eigenvalue weighted by Gasteiger charge is -2.25. The first-order valence-electron chi connectivity index (χ1n) is 7.22. The van der Waals surface area contributed by atoms with Gasteiger partial charge in [-0.2, -0.15) is 0 Å². The van der Waals surface area contributed by atoms with E-state index in [0.717, 1.165) is 30.2 Å². The molecule has 1 aliphatic rings. The number of rotatable bonds is 2. The van der Waals surface area contributed by atoms with Gasteiger partial charge in [-0.25, -0.2) is 4.98 Å². The molecule has 0 radical (unpaired) electrons. The molecule has 2 aromatic heterocycles. The summed E-state index contributed by atoms with van der Waals surface area (Å²) in [7, 11) is 0. The van der Waals surface area contributed by atoms with Crippen molar-refractivity contribution in [1.82, 2.24) is 9.38 Å². The van der Waals surface area contributed by atoms with E-state index in [0.29, 0.717) is 0 Å². The Labute approximate surface area is 113 Å². The van der Waals surface area contributed by atoms with Crippen molar-refractivity contribution < 1.29 is 5.11 Å². The van der Waals surface area contributed by atoms with E-state index in [1.54, 1.807) is 0 Å². The molecule has 102 valence electrons. The Bertz CT molecular complexity index is 541. The molecular weight excluding hydrogens is 238 g/mol. The van der Waals surface area contributed by atoms with Gasteiger partial charge in [-0.05, 0) is 25.0 Å². The van der Waals surface area contributed by atoms with Crippen molar-refractivity contribution in [1.29, 1.82) is 0 Å². The molecule has 0 bridgehead atoms. The van der Waals surface area contributed by atoms with Gasteiger partial charge in [-0.15, -0.1) is 0 Å². The zero-order chi connectivity index (χ0) is 13.1. The van der Waals surface area contributed by atoms with E-state index in [4.69, 9.17) is 4.98 Å². The summed E-state index contributed by atoms with van der Waals surface area (Å²) in [5, 5.41) is 9.67. The van der Waals surface area contributed by atoms with Crippen LogP contribution in [0.4, 0.5) is 5.82 Å². The summed E-state index contributed by atoms with van der Waals surface area (Å²) in [5.74, 6) is 0.968. The predicted molar refractivity (Wildman–Crippen MR) is 76.4 cm³/mol. The molecule has 3 rings (SSSR count). The number of aliphatic hydroxyl groups excluding tert-OH is 1. The first-order valence-corrected chi connectivity index (χ1v) is 7.22. The summed E-state index contributed by atoms with van der Waals surface area (Å²) >= 11 is 0. The number of anilines is 1. The number of nitrogens with zero attached hydrogens (tertiary/aromatic N) is 3. The molecule has 19 heavy (non-hydrogen) atoms. The maximum atomic E-state index is 9.67. The Hall–Kier alpha value is -1.55. The van der Waals surface area contributed by atoms with Crippen LogP contribution in [-0.4, -0.2) is 27.6 Å². The Morgan fingerprint density at radius 3 is 2.53 bits per heavy atom. The fourth-order valence-electron chi connectivity index (χ4n) is 2.89. The largest absolute Gasteiger partial charge is 0.390 e. The molecule has 0 spiro atoms. The normalized spacial score (nSPS) is 17.4. The van der Waals surface area contributed by atoms with E-state index in [1.807, 2.05) is 28.8 Å². The standard InChI is InChI=1S/C15H21N3O/c19-12-13-15(16-14-8-4-7-11-18(13)14)17-9-5-2-1-3-6-10-17/h4,7-8,11,19H,1-3,5-6,9-10,12H2. The average Bonchev–Trinajstić information content (AvgIpc) is 2.76. The van der Waals surface area contributed by atoms with E-state index < -0.39 is 0 Å². The van der Waals surface area contributed by atoms with Gasteiger partial charge in [0, 0.05) is 19.3 Å². The maximum absolute atomic E-state index is 9.67. The third-order valence-electron chi connectivity index (χ3n) is 3.91. The van der Waals surface area contributed by atoms with Crippen molar-refractivity contribution >= 4 is 11.5 Å². The van der Waals surface area contributed by atoms with Gasteiger partial charge in [-0.3, -0.25) is 4.40 Å². The molecule has 4 nitrogen and oxygen atoms in total. The lowest BCUT2D eigenvalue weighted by atomic mass is 10.1. The molecule has 0 atom stereocenters. The van der Waals surface area contributed by atoms with Crippen LogP contribution in [0.15, 0.2) is 24.4 Å². The third kappa shape index (κ3) is 2.45. The number of aromatic nitrogens is 2. The smallest absolute Gasteiger partial charge is 0.153 e. The summed E-state index contributed by atoms with van der Waals surface area (Å²) in [6.07, 6.45) is 8.38. The highest BCUT2D eigenvalue weighted by Gasteiger charge is 2.18. The molecule has 0 aliphatic carbocycles. The number of fused-ring (bicyclic) bond motifs is 1. The first-order chi connectivity index (χ1) is 9.40. The molecule has 1 aliphatic heterocycles. The van der Waals surface area contributed by atoms with Gasteiger partial charge in [0.05, 0.1) is 12.3 Å². The van der Waals surface area contributed by atoms with Gasteiger partial charge in [0.15, 0.2) is 5.82 Å². The van der Waals surface area contributed by atoms with Crippen LogP contribution in [0, 0.1) is 0 Å². The molecule has 1 fully saturated rings. The van der Waals surface area contributed by atoms with Crippen LogP contribution in [0.2, 0.25) is 0 Å². The molecule has 2 aromatic rings. The van der Waals surface area contributed by atoms with Crippen LogP contribution < -0.4 is 4.90 Å². The molecule has 0 amide bonds. The molecule has 0 saturated carbocycles. The first kappa shape index (κ1) is 12.5. The number of aliphatic hydroxyl groups is 1. The number of hydrogen-bond acceptors (Lipinski definition) is 3. The third-order valence-corrected chi connectivity index (χ3v) is 3.91. The fourth-order valence-corrected chi connectivity index (χ4v) is 2.89. The molecule has 3 heterocycles. The van der Waals surface area contributed by atoms with Crippen molar-refractivity contribution in [3.8, 4) is 0 Å². The highest BCUT2D eigenvalue weighted by molar-refractivity contribution is 5.55. The lowest BCUT2D eigenvalue weighted by Crippen LogP contribution is -2.28. The van der Waals surface area contributed by atoms with Crippen molar-refractivity contribution in [2.75, 3.05) is 18.0 Å². The van der Waals surface area contributed by atoms with Gasteiger partial charge >= 0.3 is 0 Å². The van der Waals surface area contributed by atoms with E-state index in [9.17, 15) is 5.11 Å². The molecule has 0 unspecified atom stereocenters. The summed E-state index contributed by atoms with van der Waals surface area (Å²) in [6, 6.07) is 5.96. The second-order valence-electron chi connectivity index (χ2n) is 5.22. The van der Waals surface area contributed by atoms with Crippen molar-refractivity contribution in [2.45, 2.75) is 38.7 Å². The highest BCUT2D eigenvalue weighted by atomic mass is 16.3. The second-order valence-corrected chi connectivity index (χ2v) is 5.22. The van der Waals surface area contributed by atoms with Gasteiger partial charge in [0.2, 0.25) is 0 Å². The van der Waals surface area contributed by atoms with Crippen LogP contribution in [0.5, 0.6) is 0 Å². The lowest BCUT2D eigenvalue weighted by molar-refractivity contribution is 0.276. The Morgan fingerprint density at radius 2 is 1.79 bits per heavy atom. The summed E-state index contributed by atoms with van der Waals surface area (Å²) in [4.78, 5) is 7.05. The van der Waals surface area contributed by atoms with Crippen molar-refractivity contribution in [3.63, 3.8) is 0 Å². The van der Waals surface area contributed by atoms with Crippen LogP contribution in [0.25, 0.3) is 5.65 Å².